The molecule has 0 aliphatic rings. The summed E-state index contributed by atoms with van der Waals surface area (Å²) in [5.41, 5.74) is 0. The second kappa shape index (κ2) is 6.12. The quantitative estimate of drug-likeness (QED) is 0.581. The maximum atomic E-state index is 10.6. The Hall–Kier alpha value is 0.603. The van der Waals surface area contributed by atoms with Crippen LogP contribution in [0, 0.1) is 0 Å². The van der Waals surface area contributed by atoms with Gasteiger partial charge >= 0.3 is 78.7 Å². The van der Waals surface area contributed by atoms with Crippen molar-refractivity contribution in [2.45, 2.75) is 41.8 Å². The van der Waals surface area contributed by atoms with Crippen LogP contribution in [0.15, 0.2) is 0 Å². The minimum atomic E-state index is -1.89. The van der Waals surface area contributed by atoms with Crippen LogP contribution in [0.25, 0.3) is 0 Å². The summed E-state index contributed by atoms with van der Waals surface area (Å²) >= 11 is -1.63. The Labute approximate surface area is 79.0 Å². The van der Waals surface area contributed by atoms with Crippen LogP contribution in [0.3, 0.4) is 0 Å². The Kier molecular flexibility index (Phi) is 6.42. The van der Waals surface area contributed by atoms with E-state index in [9.17, 15) is 4.57 Å². The molecular formula is C8H20GeO2P+. The van der Waals surface area contributed by atoms with Gasteiger partial charge in [0.25, 0.3) is 0 Å². The Balaban J connectivity index is 4.01. The first-order valence-electron chi connectivity index (χ1n) is 4.73. The summed E-state index contributed by atoms with van der Waals surface area (Å²) in [4.78, 5) is 8.74. The Morgan fingerprint density at radius 1 is 1.17 bits per heavy atom. The van der Waals surface area contributed by atoms with Gasteiger partial charge in [0.2, 0.25) is 0 Å². The van der Waals surface area contributed by atoms with Gasteiger partial charge in [0.05, 0.1) is 0 Å². The molecular weight excluding hydrogens is 232 g/mol. The van der Waals surface area contributed by atoms with Crippen LogP contribution in [0.5, 0.6) is 0 Å². The molecule has 72 valence electrons. The molecule has 12 heavy (non-hydrogen) atoms. The molecule has 0 saturated heterocycles. The molecule has 0 aromatic heterocycles. The van der Waals surface area contributed by atoms with Crippen molar-refractivity contribution in [3.63, 3.8) is 0 Å². The molecule has 0 amide bonds. The van der Waals surface area contributed by atoms with E-state index in [2.05, 4.69) is 20.8 Å². The molecule has 2 nitrogen and oxygen atoms in total. The summed E-state index contributed by atoms with van der Waals surface area (Å²) < 4.78 is 10.6. The van der Waals surface area contributed by atoms with E-state index in [1.165, 1.54) is 15.8 Å². The van der Waals surface area contributed by atoms with Crippen molar-refractivity contribution in [2.24, 2.45) is 0 Å². The molecule has 0 saturated carbocycles. The average molecular weight is 252 g/mol. The SMILES string of the molecule is C[CH2][Ge]([CH2]C)([CH2]C)[CH2]C[P+](=O)O. The predicted octanol–water partition coefficient (Wildman–Crippen LogP) is 3.23. The van der Waals surface area contributed by atoms with Crippen molar-refractivity contribution in [3.8, 4) is 0 Å². The fourth-order valence-corrected chi connectivity index (χ4v) is 11.8. The van der Waals surface area contributed by atoms with E-state index in [4.69, 9.17) is 4.89 Å². The minimum absolute atomic E-state index is 0.546. The Morgan fingerprint density at radius 2 is 1.58 bits per heavy atom. The van der Waals surface area contributed by atoms with Gasteiger partial charge in [0.15, 0.2) is 0 Å². The third-order valence-electron chi connectivity index (χ3n) is 3.08. The van der Waals surface area contributed by atoms with E-state index in [1.807, 2.05) is 0 Å². The van der Waals surface area contributed by atoms with E-state index >= 15 is 0 Å². The fraction of sp³-hybridized carbons (Fsp3) is 1.00. The maximum absolute atomic E-state index is 10.6. The van der Waals surface area contributed by atoms with E-state index < -0.39 is 21.3 Å². The second-order valence-electron chi connectivity index (χ2n) is 3.39. The predicted molar refractivity (Wildman–Crippen MR) is 56.7 cm³/mol. The standard InChI is InChI=1S/C8H19GeO2P/c1-4-9(5-2,6-3)7-8-12(10)11/h4-8H2,1-3H3/p+1. The first kappa shape index (κ1) is 12.6. The van der Waals surface area contributed by atoms with Crippen LogP contribution >= 0.6 is 8.03 Å². The average Bonchev–Trinajstić information content (AvgIpc) is 2.08. The topological polar surface area (TPSA) is 37.3 Å². The number of hydrogen-bond donors (Lipinski definition) is 1. The zero-order chi connectivity index (χ0) is 9.61. The fourth-order valence-electron chi connectivity index (χ4n) is 1.61. The molecule has 1 atom stereocenters. The van der Waals surface area contributed by atoms with Crippen molar-refractivity contribution in [1.29, 1.82) is 0 Å². The van der Waals surface area contributed by atoms with Crippen LogP contribution in [0.2, 0.25) is 21.0 Å². The van der Waals surface area contributed by atoms with Crippen molar-refractivity contribution in [3.05, 3.63) is 0 Å². The monoisotopic (exact) mass is 253 g/mol. The number of hydrogen-bond acceptors (Lipinski definition) is 1. The van der Waals surface area contributed by atoms with Gasteiger partial charge in [-0.3, -0.25) is 0 Å². The van der Waals surface area contributed by atoms with Crippen LogP contribution < -0.4 is 0 Å². The summed E-state index contributed by atoms with van der Waals surface area (Å²) in [5, 5.41) is 4.98. The van der Waals surface area contributed by atoms with Crippen LogP contribution in [0.1, 0.15) is 20.8 Å². The van der Waals surface area contributed by atoms with E-state index in [1.54, 1.807) is 0 Å². The molecule has 0 aromatic carbocycles. The first-order chi connectivity index (χ1) is 5.60. The molecule has 0 aromatic rings. The third-order valence-corrected chi connectivity index (χ3v) is 16.8. The van der Waals surface area contributed by atoms with Gasteiger partial charge in [-0.2, -0.15) is 0 Å². The molecule has 0 aliphatic carbocycles. The molecule has 0 rings (SSSR count). The van der Waals surface area contributed by atoms with Gasteiger partial charge < -0.3 is 0 Å². The van der Waals surface area contributed by atoms with Crippen molar-refractivity contribution < 1.29 is 9.46 Å². The van der Waals surface area contributed by atoms with Gasteiger partial charge in [-0.25, -0.2) is 0 Å². The van der Waals surface area contributed by atoms with Crippen LogP contribution in [-0.4, -0.2) is 24.3 Å². The number of rotatable bonds is 6. The van der Waals surface area contributed by atoms with Gasteiger partial charge in [0.1, 0.15) is 0 Å². The summed E-state index contributed by atoms with van der Waals surface area (Å²) in [6, 6.07) is 0. The molecule has 0 heterocycles. The summed E-state index contributed by atoms with van der Waals surface area (Å²) in [6.07, 6.45) is 0.546. The van der Waals surface area contributed by atoms with Gasteiger partial charge in [0, 0.05) is 0 Å². The summed E-state index contributed by atoms with van der Waals surface area (Å²) in [6.45, 7) is 6.74. The van der Waals surface area contributed by atoms with Crippen molar-refractivity contribution in [1.82, 2.24) is 0 Å². The van der Waals surface area contributed by atoms with E-state index in [0.29, 0.717) is 6.16 Å². The Morgan fingerprint density at radius 3 is 1.83 bits per heavy atom. The summed E-state index contributed by atoms with van der Waals surface area (Å²) in [5.74, 6) is 0. The van der Waals surface area contributed by atoms with E-state index in [0.717, 1.165) is 5.25 Å². The molecule has 0 spiro atoms. The normalized spacial score (nSPS) is 13.2. The van der Waals surface area contributed by atoms with Crippen molar-refractivity contribution >= 4 is 21.3 Å². The molecule has 0 aliphatic heterocycles. The van der Waals surface area contributed by atoms with Crippen LogP contribution in [0.4, 0.5) is 0 Å². The molecule has 1 N–H and O–H groups in total. The third kappa shape index (κ3) is 4.02. The van der Waals surface area contributed by atoms with Crippen molar-refractivity contribution in [2.75, 3.05) is 6.16 Å². The zero-order valence-electron chi connectivity index (χ0n) is 8.34. The first-order valence-corrected chi connectivity index (χ1v) is 12.1. The second-order valence-corrected chi connectivity index (χ2v) is 16.3. The zero-order valence-corrected chi connectivity index (χ0v) is 11.3. The van der Waals surface area contributed by atoms with Crippen LogP contribution in [-0.2, 0) is 4.57 Å². The Bertz CT molecular complexity index is 138. The van der Waals surface area contributed by atoms with E-state index in [-0.39, 0.29) is 0 Å². The molecule has 4 heteroatoms. The molecule has 0 radical (unpaired) electrons. The van der Waals surface area contributed by atoms with Gasteiger partial charge in [-0.1, -0.05) is 0 Å². The molecule has 1 unspecified atom stereocenters. The summed E-state index contributed by atoms with van der Waals surface area (Å²) in [7, 11) is -1.89. The van der Waals surface area contributed by atoms with Gasteiger partial charge in [-0.05, 0) is 0 Å². The molecule has 0 bridgehead atoms. The van der Waals surface area contributed by atoms with Gasteiger partial charge in [-0.15, -0.1) is 0 Å². The molecule has 0 fully saturated rings.